The summed E-state index contributed by atoms with van der Waals surface area (Å²) in [5, 5.41) is 3.96. The highest BCUT2D eigenvalue weighted by Gasteiger charge is 2.31. The number of hydrogen-bond donors (Lipinski definition) is 0. The second-order valence-electron chi connectivity index (χ2n) is 7.49. The summed E-state index contributed by atoms with van der Waals surface area (Å²) >= 11 is 0. The van der Waals surface area contributed by atoms with Gasteiger partial charge in [0.1, 0.15) is 5.75 Å². The smallest absolute Gasteiger partial charge is 0.416 e. The lowest BCUT2D eigenvalue weighted by Crippen LogP contribution is -2.26. The van der Waals surface area contributed by atoms with Gasteiger partial charge >= 0.3 is 12.1 Å². The largest absolute Gasteiger partial charge is 0.422 e. The minimum absolute atomic E-state index is 0.0127. The maximum absolute atomic E-state index is 13.1. The molecule has 0 saturated carbocycles. The van der Waals surface area contributed by atoms with E-state index in [1.165, 1.54) is 31.2 Å². The van der Waals surface area contributed by atoms with Crippen molar-refractivity contribution in [3.8, 4) is 11.4 Å². The van der Waals surface area contributed by atoms with Gasteiger partial charge in [-0.15, -0.1) is 0 Å². The Morgan fingerprint density at radius 2 is 1.76 bits per heavy atom. The van der Waals surface area contributed by atoms with Crippen LogP contribution < -0.4 is 15.1 Å². The number of rotatable bonds is 4. The van der Waals surface area contributed by atoms with Crippen molar-refractivity contribution in [1.29, 1.82) is 0 Å². The molecule has 33 heavy (non-hydrogen) atoms. The molecule has 10 heteroatoms. The Bertz CT molecular complexity index is 1280. The van der Waals surface area contributed by atoms with Crippen LogP contribution in [-0.4, -0.2) is 28.2 Å². The molecule has 1 aliphatic heterocycles. The minimum Gasteiger partial charge on any atom is -0.422 e. The molecule has 0 bridgehead atoms. The summed E-state index contributed by atoms with van der Waals surface area (Å²) in [4.78, 5) is 38.4. The van der Waals surface area contributed by atoms with Crippen molar-refractivity contribution < 1.29 is 27.5 Å². The molecule has 170 valence electrons. The van der Waals surface area contributed by atoms with E-state index in [0.29, 0.717) is 18.7 Å². The summed E-state index contributed by atoms with van der Waals surface area (Å²) in [7, 11) is 0. The quantitative estimate of drug-likeness (QED) is 0.438. The molecule has 1 aliphatic rings. The first-order valence-corrected chi connectivity index (χ1v) is 10.0. The van der Waals surface area contributed by atoms with Crippen LogP contribution in [0.25, 0.3) is 5.69 Å². The van der Waals surface area contributed by atoms with Gasteiger partial charge in [0.25, 0.3) is 0 Å². The molecule has 1 amide bonds. The first-order valence-electron chi connectivity index (χ1n) is 10.0. The number of aryl methyl sites for hydroxylation is 1. The predicted molar refractivity (Wildman–Crippen MR) is 113 cm³/mol. The normalized spacial score (nSPS) is 13.9. The Balaban J connectivity index is 1.60. The van der Waals surface area contributed by atoms with Crippen molar-refractivity contribution in [2.75, 3.05) is 11.4 Å². The van der Waals surface area contributed by atoms with Crippen molar-refractivity contribution in [3.63, 3.8) is 0 Å². The van der Waals surface area contributed by atoms with E-state index < -0.39 is 28.8 Å². The Labute approximate surface area is 186 Å². The fraction of sp³-hybridized carbons (Fsp3) is 0.217. The number of alkyl halides is 3. The van der Waals surface area contributed by atoms with Crippen LogP contribution in [0.15, 0.2) is 59.4 Å². The van der Waals surface area contributed by atoms with Crippen molar-refractivity contribution in [1.82, 2.24) is 9.78 Å². The number of esters is 1. The van der Waals surface area contributed by atoms with Gasteiger partial charge in [0, 0.05) is 30.4 Å². The average molecular weight is 457 g/mol. The zero-order valence-corrected chi connectivity index (χ0v) is 17.4. The lowest BCUT2D eigenvalue weighted by atomic mass is 10.2. The van der Waals surface area contributed by atoms with Gasteiger partial charge in [-0.1, -0.05) is 6.07 Å². The summed E-state index contributed by atoms with van der Waals surface area (Å²) in [6, 6.07) is 11.7. The van der Waals surface area contributed by atoms with Crippen LogP contribution in [0.2, 0.25) is 0 Å². The Hall–Kier alpha value is -3.95. The number of aromatic nitrogens is 2. The van der Waals surface area contributed by atoms with Gasteiger partial charge in [0.05, 0.1) is 11.3 Å². The van der Waals surface area contributed by atoms with E-state index in [-0.39, 0.29) is 23.0 Å². The third-order valence-electron chi connectivity index (χ3n) is 5.15. The van der Waals surface area contributed by atoms with Crippen LogP contribution in [0.1, 0.15) is 34.6 Å². The van der Waals surface area contributed by atoms with Gasteiger partial charge in [-0.2, -0.15) is 18.3 Å². The number of hydrogen-bond acceptors (Lipinski definition) is 5. The van der Waals surface area contributed by atoms with Gasteiger partial charge in [0.2, 0.25) is 17.0 Å². The molecular weight excluding hydrogens is 439 g/mol. The molecular formula is C23H18F3N3O4. The van der Waals surface area contributed by atoms with Crippen molar-refractivity contribution >= 4 is 17.6 Å². The molecule has 1 aromatic heterocycles. The zero-order chi connectivity index (χ0) is 23.8. The third-order valence-corrected chi connectivity index (χ3v) is 5.15. The second kappa shape index (κ2) is 8.53. The van der Waals surface area contributed by atoms with Crippen LogP contribution in [0.5, 0.6) is 5.75 Å². The van der Waals surface area contributed by atoms with Gasteiger partial charge in [-0.3, -0.25) is 9.59 Å². The fourth-order valence-corrected chi connectivity index (χ4v) is 3.53. The molecule has 1 fully saturated rings. The first-order chi connectivity index (χ1) is 15.6. The van der Waals surface area contributed by atoms with E-state index in [1.54, 1.807) is 17.0 Å². The van der Waals surface area contributed by atoms with Crippen molar-refractivity contribution in [2.24, 2.45) is 0 Å². The van der Waals surface area contributed by atoms with E-state index in [4.69, 9.17) is 4.74 Å². The lowest BCUT2D eigenvalue weighted by Gasteiger charge is -2.16. The maximum Gasteiger partial charge on any atom is 0.416 e. The summed E-state index contributed by atoms with van der Waals surface area (Å²) in [6.07, 6.45) is -3.31. The SMILES string of the molecule is Cc1cc(=O)c(C(=O)Oc2ccc(N3CCCC3=O)cc2)nn1-c1cccc(C(F)(F)F)c1. The summed E-state index contributed by atoms with van der Waals surface area (Å²) in [6.45, 7) is 2.10. The second-order valence-corrected chi connectivity index (χ2v) is 7.49. The molecule has 0 spiro atoms. The number of carbonyl (C=O) groups is 2. The monoisotopic (exact) mass is 457 g/mol. The summed E-state index contributed by atoms with van der Waals surface area (Å²) in [5.41, 5.74) is -1.23. The number of carbonyl (C=O) groups excluding carboxylic acids is 2. The highest BCUT2D eigenvalue weighted by Crippen LogP contribution is 2.30. The van der Waals surface area contributed by atoms with E-state index >= 15 is 0 Å². The number of nitrogens with zero attached hydrogens (tertiary/aromatic N) is 3. The third kappa shape index (κ3) is 4.64. The molecule has 0 unspecified atom stereocenters. The number of benzene rings is 2. The maximum atomic E-state index is 13.1. The molecule has 0 aliphatic carbocycles. The molecule has 1 saturated heterocycles. The van der Waals surface area contributed by atoms with Gasteiger partial charge < -0.3 is 9.64 Å². The molecule has 0 atom stereocenters. The summed E-state index contributed by atoms with van der Waals surface area (Å²) < 4.78 is 45.5. The van der Waals surface area contributed by atoms with Gasteiger partial charge in [0.15, 0.2) is 0 Å². The highest BCUT2D eigenvalue weighted by molar-refractivity contribution is 5.95. The number of ether oxygens (including phenoxy) is 1. The summed E-state index contributed by atoms with van der Waals surface area (Å²) in [5.74, 6) is -0.910. The van der Waals surface area contributed by atoms with Crippen LogP contribution in [0.4, 0.5) is 18.9 Å². The van der Waals surface area contributed by atoms with Gasteiger partial charge in [-0.05, 0) is 55.8 Å². The number of anilines is 1. The predicted octanol–water partition coefficient (Wildman–Crippen LogP) is 3.91. The van der Waals surface area contributed by atoms with E-state index in [0.717, 1.165) is 29.3 Å². The highest BCUT2D eigenvalue weighted by atomic mass is 19.4. The van der Waals surface area contributed by atoms with E-state index in [1.807, 2.05) is 0 Å². The van der Waals surface area contributed by atoms with Crippen LogP contribution in [0.3, 0.4) is 0 Å². The Morgan fingerprint density at radius 3 is 2.39 bits per heavy atom. The number of halogens is 3. The van der Waals surface area contributed by atoms with Crippen LogP contribution in [0, 0.1) is 6.92 Å². The molecule has 3 aromatic rings. The molecule has 4 rings (SSSR count). The molecule has 2 heterocycles. The number of amides is 1. The molecule has 7 nitrogen and oxygen atoms in total. The first kappa shape index (κ1) is 22.3. The van der Waals surface area contributed by atoms with E-state index in [2.05, 4.69) is 5.10 Å². The lowest BCUT2D eigenvalue weighted by molar-refractivity contribution is -0.137. The fourth-order valence-electron chi connectivity index (χ4n) is 3.53. The molecule has 0 radical (unpaired) electrons. The topological polar surface area (TPSA) is 81.5 Å². The van der Waals surface area contributed by atoms with Crippen molar-refractivity contribution in [3.05, 3.63) is 81.8 Å². The average Bonchev–Trinajstić information content (AvgIpc) is 3.19. The Kier molecular flexibility index (Phi) is 5.75. The molecule has 0 N–H and O–H groups in total. The van der Waals surface area contributed by atoms with E-state index in [9.17, 15) is 27.6 Å². The van der Waals surface area contributed by atoms with Crippen molar-refractivity contribution in [2.45, 2.75) is 25.9 Å². The van der Waals surface area contributed by atoms with Crippen LogP contribution >= 0.6 is 0 Å². The standard InChI is InChI=1S/C23H18F3N3O4/c1-14-12-19(30)21(27-29(14)17-5-2-4-15(13-17)23(24,25)26)22(32)33-18-9-7-16(8-10-18)28-11-3-6-20(28)31/h2,4-5,7-10,12-13H,3,6,11H2,1H3. The van der Waals surface area contributed by atoms with Gasteiger partial charge in [-0.25, -0.2) is 9.48 Å². The van der Waals surface area contributed by atoms with Crippen LogP contribution in [-0.2, 0) is 11.0 Å². The zero-order valence-electron chi connectivity index (χ0n) is 17.4. The Morgan fingerprint density at radius 1 is 1.03 bits per heavy atom. The minimum atomic E-state index is -4.56. The molecule has 2 aromatic carbocycles.